The van der Waals surface area contributed by atoms with Crippen LogP contribution in [0.3, 0.4) is 0 Å². The van der Waals surface area contributed by atoms with E-state index in [1.807, 2.05) is 0 Å². The zero-order valence-corrected chi connectivity index (χ0v) is 13.4. The fourth-order valence-corrected chi connectivity index (χ4v) is 5.93. The van der Waals surface area contributed by atoms with E-state index in [0.29, 0.717) is 0 Å². The molecule has 1 rings (SSSR count). The molecule has 1 atom stereocenters. The van der Waals surface area contributed by atoms with E-state index in [2.05, 4.69) is 0 Å². The van der Waals surface area contributed by atoms with E-state index in [-0.39, 0.29) is 18.1 Å². The maximum Gasteiger partial charge on any atom is 0.364 e. The minimum Gasteiger partial charge on any atom is -0.307 e. The Balaban J connectivity index is 3.19. The van der Waals surface area contributed by atoms with E-state index in [4.69, 9.17) is 20.6 Å². The highest BCUT2D eigenvalue weighted by Gasteiger charge is 2.44. The number of halogens is 2. The third-order valence-electron chi connectivity index (χ3n) is 2.26. The molecule has 1 unspecified atom stereocenters. The number of benzene rings is 1. The van der Waals surface area contributed by atoms with Crippen LogP contribution in [-0.2, 0) is 23.4 Å². The van der Waals surface area contributed by atoms with Crippen molar-refractivity contribution < 1.29 is 26.4 Å². The molecule has 9 heteroatoms. The van der Waals surface area contributed by atoms with Gasteiger partial charge in [-0.1, -0.05) is 11.6 Å². The number of sulfone groups is 1. The Morgan fingerprint density at radius 1 is 1.20 bits per heavy atom. The normalized spacial score (nSPS) is 14.2. The van der Waals surface area contributed by atoms with Crippen molar-refractivity contribution in [2.24, 2.45) is 0 Å². The Morgan fingerprint density at radius 3 is 2.05 bits per heavy atom. The van der Waals surface area contributed by atoms with Crippen LogP contribution in [0, 0.1) is 5.82 Å². The Kier molecular flexibility index (Phi) is 6.16. The van der Waals surface area contributed by atoms with Crippen LogP contribution in [0.25, 0.3) is 0 Å². The third-order valence-corrected chi connectivity index (χ3v) is 8.47. The second-order valence-electron chi connectivity index (χ2n) is 3.67. The van der Waals surface area contributed by atoms with Crippen LogP contribution < -0.4 is 0 Å². The van der Waals surface area contributed by atoms with E-state index in [1.54, 1.807) is 13.8 Å². The van der Waals surface area contributed by atoms with Gasteiger partial charge >= 0.3 is 7.60 Å². The van der Waals surface area contributed by atoms with Crippen LogP contribution in [0.2, 0.25) is 0 Å². The quantitative estimate of drug-likeness (QED) is 0.431. The van der Waals surface area contributed by atoms with Gasteiger partial charge in [-0.2, -0.15) is 0 Å². The van der Waals surface area contributed by atoms with Crippen LogP contribution in [0.1, 0.15) is 13.8 Å². The fraction of sp³-hybridized carbons (Fsp3) is 0.455. The highest BCUT2D eigenvalue weighted by Crippen LogP contribution is 2.57. The molecular weight excluding hydrogens is 330 g/mol. The summed E-state index contributed by atoms with van der Waals surface area (Å²) in [6.07, 6.45) is 0. The topological polar surface area (TPSA) is 69.7 Å². The lowest BCUT2D eigenvalue weighted by Crippen LogP contribution is -2.19. The summed E-state index contributed by atoms with van der Waals surface area (Å²) < 4.78 is 57.6. The molecule has 0 amide bonds. The number of hydrogen-bond acceptors (Lipinski definition) is 5. The minimum atomic E-state index is -4.17. The third kappa shape index (κ3) is 3.80. The van der Waals surface area contributed by atoms with Crippen molar-refractivity contribution in [1.82, 2.24) is 0 Å². The van der Waals surface area contributed by atoms with Gasteiger partial charge in [-0.05, 0) is 38.1 Å². The molecule has 0 aromatic heterocycles. The first-order valence-corrected chi connectivity index (χ1v) is 9.39. The van der Waals surface area contributed by atoms with E-state index < -0.39 is 27.7 Å². The van der Waals surface area contributed by atoms with Crippen molar-refractivity contribution >= 4 is 29.0 Å². The maximum atomic E-state index is 12.8. The summed E-state index contributed by atoms with van der Waals surface area (Å²) in [6.45, 7) is 3.05. The highest BCUT2D eigenvalue weighted by molar-refractivity contribution is 8.00. The van der Waals surface area contributed by atoms with Gasteiger partial charge in [0.15, 0.2) is 0 Å². The molecular formula is C11H15ClFO5PS. The molecule has 20 heavy (non-hydrogen) atoms. The SMILES string of the molecule is CCOP(=O)(OCC)C(Cl)S(=O)(=O)c1ccc(F)cc1. The number of hydrogen-bond donors (Lipinski definition) is 0. The molecule has 0 aliphatic heterocycles. The van der Waals surface area contributed by atoms with Gasteiger partial charge in [0.2, 0.25) is 14.3 Å². The van der Waals surface area contributed by atoms with Crippen molar-refractivity contribution in [3.05, 3.63) is 30.1 Å². The van der Waals surface area contributed by atoms with E-state index in [0.717, 1.165) is 24.3 Å². The van der Waals surface area contributed by atoms with E-state index in [1.165, 1.54) is 0 Å². The van der Waals surface area contributed by atoms with Crippen molar-refractivity contribution in [2.45, 2.75) is 23.2 Å². The second kappa shape index (κ2) is 7.00. The van der Waals surface area contributed by atoms with Gasteiger partial charge in [0, 0.05) is 0 Å². The summed E-state index contributed by atoms with van der Waals surface area (Å²) in [5.41, 5.74) is 0. The lowest BCUT2D eigenvalue weighted by atomic mass is 10.4. The molecule has 0 saturated heterocycles. The molecule has 0 saturated carbocycles. The smallest absolute Gasteiger partial charge is 0.307 e. The van der Waals surface area contributed by atoms with Crippen LogP contribution >= 0.6 is 19.2 Å². The average Bonchev–Trinajstić information content (AvgIpc) is 2.39. The summed E-state index contributed by atoms with van der Waals surface area (Å²) in [6, 6.07) is 4.04. The Hall–Kier alpha value is -0.460. The Bertz CT molecular complexity index is 579. The zero-order valence-electron chi connectivity index (χ0n) is 11.0. The van der Waals surface area contributed by atoms with Crippen molar-refractivity contribution in [2.75, 3.05) is 13.2 Å². The van der Waals surface area contributed by atoms with Gasteiger partial charge in [0.05, 0.1) is 18.1 Å². The molecule has 0 radical (unpaired) electrons. The van der Waals surface area contributed by atoms with Crippen molar-refractivity contribution in [3.63, 3.8) is 0 Å². The van der Waals surface area contributed by atoms with E-state index >= 15 is 0 Å². The van der Waals surface area contributed by atoms with E-state index in [9.17, 15) is 17.4 Å². The van der Waals surface area contributed by atoms with Gasteiger partial charge in [-0.15, -0.1) is 0 Å². The largest absolute Gasteiger partial charge is 0.364 e. The molecule has 0 bridgehead atoms. The van der Waals surface area contributed by atoms with Crippen molar-refractivity contribution in [3.8, 4) is 0 Å². The Morgan fingerprint density at radius 2 is 1.65 bits per heavy atom. The van der Waals surface area contributed by atoms with Crippen molar-refractivity contribution in [1.29, 1.82) is 0 Å². The lowest BCUT2D eigenvalue weighted by molar-refractivity contribution is 0.222. The van der Waals surface area contributed by atoms with Crippen LogP contribution in [-0.4, -0.2) is 26.1 Å². The molecule has 0 aliphatic carbocycles. The second-order valence-corrected chi connectivity index (χ2v) is 9.16. The number of rotatable bonds is 7. The summed E-state index contributed by atoms with van der Waals surface area (Å²) in [5, 5.41) is 0. The number of alkyl halides is 1. The average molecular weight is 345 g/mol. The lowest BCUT2D eigenvalue weighted by Gasteiger charge is -2.21. The first-order chi connectivity index (χ1) is 9.28. The van der Waals surface area contributed by atoms with Crippen LogP contribution in [0.4, 0.5) is 4.39 Å². The monoisotopic (exact) mass is 344 g/mol. The minimum absolute atomic E-state index is 0.0144. The van der Waals surface area contributed by atoms with Gasteiger partial charge in [0.1, 0.15) is 5.82 Å². The molecule has 0 aliphatic rings. The summed E-state index contributed by atoms with van der Waals surface area (Å²) >= 11 is 5.82. The molecule has 0 N–H and O–H groups in total. The van der Waals surface area contributed by atoms with Gasteiger partial charge in [-0.3, -0.25) is 4.57 Å². The Labute approximate surface area is 122 Å². The summed E-state index contributed by atoms with van der Waals surface area (Å²) in [5.74, 6) is -0.590. The summed E-state index contributed by atoms with van der Waals surface area (Å²) in [4.78, 5) is -0.251. The summed E-state index contributed by atoms with van der Waals surface area (Å²) in [7, 11) is -8.20. The fourth-order valence-electron chi connectivity index (χ4n) is 1.42. The molecule has 1 aromatic rings. The van der Waals surface area contributed by atoms with Gasteiger partial charge in [-0.25, -0.2) is 12.8 Å². The van der Waals surface area contributed by atoms with Crippen LogP contribution in [0.5, 0.6) is 0 Å². The van der Waals surface area contributed by atoms with Crippen LogP contribution in [0.15, 0.2) is 29.2 Å². The van der Waals surface area contributed by atoms with Gasteiger partial charge in [0.25, 0.3) is 0 Å². The molecule has 5 nitrogen and oxygen atoms in total. The van der Waals surface area contributed by atoms with Gasteiger partial charge < -0.3 is 9.05 Å². The molecule has 114 valence electrons. The predicted molar refractivity (Wildman–Crippen MR) is 74.1 cm³/mol. The maximum absolute atomic E-state index is 12.8. The zero-order chi connectivity index (χ0) is 15.4. The molecule has 1 aromatic carbocycles. The highest BCUT2D eigenvalue weighted by atomic mass is 35.5. The molecule has 0 fully saturated rings. The molecule has 0 heterocycles. The standard InChI is InChI=1S/C11H15ClFO5PS/c1-3-17-19(14,18-4-2)11(12)20(15,16)10-7-5-9(13)6-8-10/h5-8,11H,3-4H2,1-2H3. The predicted octanol–water partition coefficient (Wildman–Crippen LogP) is 3.39. The first-order valence-electron chi connectivity index (χ1n) is 5.80. The molecule has 0 spiro atoms. The first kappa shape index (κ1) is 17.6.